The highest BCUT2D eigenvalue weighted by Gasteiger charge is 2.75. The second-order valence-corrected chi connectivity index (χ2v) is 10.5. The largest absolute Gasteiger partial charge is 0.394 e. The minimum atomic E-state index is -1.32. The van der Waals surface area contributed by atoms with E-state index in [4.69, 9.17) is 4.74 Å². The van der Waals surface area contributed by atoms with E-state index >= 15 is 0 Å². The van der Waals surface area contributed by atoms with Crippen molar-refractivity contribution in [1.82, 2.24) is 9.80 Å². The molecular weight excluding hydrogens is 446 g/mol. The third kappa shape index (κ3) is 3.23. The molecule has 186 valence electrons. The summed E-state index contributed by atoms with van der Waals surface area (Å²) < 4.78 is 6.74. The summed E-state index contributed by atoms with van der Waals surface area (Å²) in [6.07, 6.45) is 7.45. The lowest BCUT2D eigenvalue weighted by molar-refractivity contribution is -0.150. The van der Waals surface area contributed by atoms with Crippen molar-refractivity contribution in [3.63, 3.8) is 0 Å². The maximum Gasteiger partial charge on any atom is 0.253 e. The molecule has 6 atom stereocenters. The third-order valence-corrected chi connectivity index (χ3v) is 8.09. The van der Waals surface area contributed by atoms with Gasteiger partial charge in [0.2, 0.25) is 11.8 Å². The number of nitrogens with zero attached hydrogens (tertiary/aromatic N) is 3. The van der Waals surface area contributed by atoms with Gasteiger partial charge in [0.1, 0.15) is 11.6 Å². The molecule has 2 fully saturated rings. The molecule has 0 aliphatic carbocycles. The van der Waals surface area contributed by atoms with Gasteiger partial charge in [-0.1, -0.05) is 36.4 Å². The highest BCUT2D eigenvalue weighted by atomic mass is 16.5. The number of likely N-dealkylation sites (N-methyl/N-ethyl adjacent to an activating group) is 1. The zero-order chi connectivity index (χ0) is 25.3. The maximum atomic E-state index is 14.3. The molecule has 1 aromatic carbocycles. The van der Waals surface area contributed by atoms with Gasteiger partial charge in [-0.25, -0.2) is 0 Å². The van der Waals surface area contributed by atoms with Crippen molar-refractivity contribution < 1.29 is 24.2 Å². The molecular formula is C27H33N3O5. The van der Waals surface area contributed by atoms with Crippen LogP contribution in [0.3, 0.4) is 0 Å². The molecule has 0 saturated carbocycles. The number of amides is 3. The molecule has 8 heteroatoms. The first-order valence-corrected chi connectivity index (χ1v) is 12.2. The molecule has 8 nitrogen and oxygen atoms in total. The lowest BCUT2D eigenvalue weighted by Gasteiger charge is -2.39. The van der Waals surface area contributed by atoms with Crippen molar-refractivity contribution in [2.75, 3.05) is 31.6 Å². The average Bonchev–Trinajstić information content (AvgIpc) is 3.10. The number of rotatable bonds is 3. The van der Waals surface area contributed by atoms with E-state index in [0.29, 0.717) is 13.1 Å². The molecule has 4 aliphatic heterocycles. The van der Waals surface area contributed by atoms with E-state index < -0.39 is 35.1 Å². The third-order valence-electron chi connectivity index (χ3n) is 8.09. The summed E-state index contributed by atoms with van der Waals surface area (Å²) in [6, 6.07) is 4.32. The first kappa shape index (κ1) is 23.8. The summed E-state index contributed by atoms with van der Waals surface area (Å²) >= 11 is 0. The Bertz CT molecular complexity index is 1160. The Balaban J connectivity index is 1.69. The molecule has 2 saturated heterocycles. The monoisotopic (exact) mass is 479 g/mol. The lowest BCUT2D eigenvalue weighted by atomic mass is 9.74. The van der Waals surface area contributed by atoms with Gasteiger partial charge in [0.05, 0.1) is 30.1 Å². The highest BCUT2D eigenvalue weighted by Crippen LogP contribution is 2.57. The van der Waals surface area contributed by atoms with Gasteiger partial charge in [0, 0.05) is 25.8 Å². The molecule has 1 spiro atoms. The molecule has 0 bridgehead atoms. The molecule has 0 aromatic heterocycles. The molecule has 35 heavy (non-hydrogen) atoms. The van der Waals surface area contributed by atoms with Crippen LogP contribution in [0.5, 0.6) is 0 Å². The van der Waals surface area contributed by atoms with E-state index in [1.807, 2.05) is 63.3 Å². The van der Waals surface area contributed by atoms with Crippen molar-refractivity contribution in [1.29, 1.82) is 0 Å². The minimum absolute atomic E-state index is 0.179. The van der Waals surface area contributed by atoms with Crippen LogP contribution in [0, 0.1) is 25.7 Å². The number of benzene rings is 1. The Morgan fingerprint density at radius 2 is 1.77 bits per heavy atom. The van der Waals surface area contributed by atoms with Crippen molar-refractivity contribution >= 4 is 23.4 Å². The van der Waals surface area contributed by atoms with Crippen molar-refractivity contribution in [3.8, 4) is 0 Å². The zero-order valence-electron chi connectivity index (χ0n) is 20.9. The van der Waals surface area contributed by atoms with Crippen LogP contribution in [-0.4, -0.2) is 82.7 Å². The Morgan fingerprint density at radius 3 is 2.49 bits per heavy atom. The van der Waals surface area contributed by atoms with Gasteiger partial charge in [-0.2, -0.15) is 0 Å². The van der Waals surface area contributed by atoms with Gasteiger partial charge in [-0.15, -0.1) is 0 Å². The lowest BCUT2D eigenvalue weighted by Crippen LogP contribution is -2.58. The van der Waals surface area contributed by atoms with Crippen LogP contribution in [-0.2, 0) is 19.1 Å². The van der Waals surface area contributed by atoms with Gasteiger partial charge < -0.3 is 24.5 Å². The van der Waals surface area contributed by atoms with E-state index in [-0.39, 0.29) is 24.3 Å². The first-order valence-electron chi connectivity index (χ1n) is 12.2. The van der Waals surface area contributed by atoms with E-state index in [1.54, 1.807) is 23.8 Å². The second-order valence-electron chi connectivity index (χ2n) is 10.5. The van der Waals surface area contributed by atoms with Crippen LogP contribution in [0.25, 0.3) is 0 Å². The van der Waals surface area contributed by atoms with Crippen LogP contribution in [0.2, 0.25) is 0 Å². The summed E-state index contributed by atoms with van der Waals surface area (Å²) in [5, 5.41) is 10.0. The van der Waals surface area contributed by atoms with Crippen LogP contribution in [0.4, 0.5) is 5.69 Å². The predicted octanol–water partition coefficient (Wildman–Crippen LogP) is 1.59. The number of carbonyl (C=O) groups excluding carboxylic acids is 3. The summed E-state index contributed by atoms with van der Waals surface area (Å²) in [5.41, 5.74) is 0.391. The number of fused-ring (bicyclic) bond motifs is 2. The van der Waals surface area contributed by atoms with Gasteiger partial charge in [-0.3, -0.25) is 14.4 Å². The van der Waals surface area contributed by atoms with E-state index in [1.165, 1.54) is 4.90 Å². The summed E-state index contributed by atoms with van der Waals surface area (Å²) in [5.74, 6) is -2.43. The Hall–Kier alpha value is -2.97. The van der Waals surface area contributed by atoms with E-state index in [2.05, 4.69) is 0 Å². The topological polar surface area (TPSA) is 90.4 Å². The average molecular weight is 480 g/mol. The standard InChI is InChI=1S/C27H33N3O5/c1-16-8-9-17(2)19(14-16)29-13-7-11-27-21(24(33)30(18(3)15-31)22(27)25(29)34)20-23(32)28(5)12-6-10-26(20,4)35-27/h6-11,14,18,20-22,31H,12-13,15H2,1-5H3/t18-,20-,21+,22?,26+,27+/m1/s1. The molecule has 1 aromatic rings. The quantitative estimate of drug-likeness (QED) is 0.665. The molecule has 4 aliphatic rings. The fraction of sp³-hybridized carbons (Fsp3) is 0.519. The number of anilines is 1. The number of hydrogen-bond acceptors (Lipinski definition) is 5. The Morgan fingerprint density at radius 1 is 1.06 bits per heavy atom. The van der Waals surface area contributed by atoms with E-state index in [9.17, 15) is 19.5 Å². The number of hydrogen-bond donors (Lipinski definition) is 1. The number of ether oxygens (including phenoxy) is 1. The summed E-state index contributed by atoms with van der Waals surface area (Å²) in [6.45, 7) is 7.91. The van der Waals surface area contributed by atoms with Crippen molar-refractivity contribution in [3.05, 3.63) is 53.6 Å². The highest BCUT2D eigenvalue weighted by molar-refractivity contribution is 6.06. The van der Waals surface area contributed by atoms with Crippen LogP contribution >= 0.6 is 0 Å². The smallest absolute Gasteiger partial charge is 0.253 e. The number of aryl methyl sites for hydroxylation is 2. The number of likely N-dealkylation sites (tertiary alicyclic amines) is 1. The molecule has 4 heterocycles. The van der Waals surface area contributed by atoms with Gasteiger partial charge in [0.25, 0.3) is 5.91 Å². The number of carbonyl (C=O) groups is 3. The fourth-order valence-corrected chi connectivity index (χ4v) is 6.37. The number of aliphatic hydroxyl groups is 1. The molecule has 1 N–H and O–H groups in total. The number of aliphatic hydroxyl groups excluding tert-OH is 1. The zero-order valence-corrected chi connectivity index (χ0v) is 20.9. The first-order chi connectivity index (χ1) is 16.6. The minimum Gasteiger partial charge on any atom is -0.394 e. The Kier molecular flexibility index (Phi) is 5.45. The van der Waals surface area contributed by atoms with Gasteiger partial charge in [-0.05, 0) is 44.9 Å². The summed E-state index contributed by atoms with van der Waals surface area (Å²) in [4.78, 5) is 46.7. The van der Waals surface area contributed by atoms with Crippen molar-refractivity contribution in [2.24, 2.45) is 11.8 Å². The van der Waals surface area contributed by atoms with Gasteiger partial charge >= 0.3 is 0 Å². The normalized spacial score (nSPS) is 35.1. The van der Waals surface area contributed by atoms with Crippen LogP contribution in [0.1, 0.15) is 25.0 Å². The second kappa shape index (κ2) is 8.03. The summed E-state index contributed by atoms with van der Waals surface area (Å²) in [7, 11) is 1.71. The Labute approximate surface area is 205 Å². The predicted molar refractivity (Wildman–Crippen MR) is 131 cm³/mol. The van der Waals surface area contributed by atoms with Crippen LogP contribution < -0.4 is 4.90 Å². The molecule has 3 amide bonds. The SMILES string of the molecule is Cc1ccc(C)c(N2CC=C[C@]34O[C@@]5(C)C=CCN(C)C(=O)[C@H]5[C@H]3C(=O)N([C@H](C)CO)C4C2=O)c1. The van der Waals surface area contributed by atoms with E-state index in [0.717, 1.165) is 16.8 Å². The molecule has 5 rings (SSSR count). The maximum absolute atomic E-state index is 14.3. The van der Waals surface area contributed by atoms with Crippen molar-refractivity contribution in [2.45, 2.75) is 51.0 Å². The molecule has 1 unspecified atom stereocenters. The van der Waals surface area contributed by atoms with Crippen LogP contribution in [0.15, 0.2) is 42.5 Å². The van der Waals surface area contributed by atoms with Gasteiger partial charge in [0.15, 0.2) is 0 Å². The molecule has 0 radical (unpaired) electrons. The fourth-order valence-electron chi connectivity index (χ4n) is 6.37.